The Balaban J connectivity index is 1.95. The van der Waals surface area contributed by atoms with Crippen LogP contribution in [0.2, 0.25) is 0 Å². The van der Waals surface area contributed by atoms with Crippen LogP contribution in [0.25, 0.3) is 10.9 Å². The average molecular weight is 251 g/mol. The first-order chi connectivity index (χ1) is 9.25. The summed E-state index contributed by atoms with van der Waals surface area (Å²) in [6.45, 7) is 0. The number of aromatic nitrogens is 2. The summed E-state index contributed by atoms with van der Waals surface area (Å²) >= 11 is 0. The molecule has 0 saturated carbocycles. The summed E-state index contributed by atoms with van der Waals surface area (Å²) in [5.41, 5.74) is 2.31. The molecule has 0 bridgehead atoms. The Morgan fingerprint density at radius 1 is 1.21 bits per heavy atom. The highest BCUT2D eigenvalue weighted by Gasteiger charge is 2.15. The Hall–Kier alpha value is -2.62. The SMILES string of the molecule is CN(C(=O)c1cc2ccccc2[nH]1)c1cccnc1. The van der Waals surface area contributed by atoms with E-state index >= 15 is 0 Å². The minimum atomic E-state index is -0.0794. The van der Waals surface area contributed by atoms with Gasteiger partial charge < -0.3 is 9.88 Å². The third kappa shape index (κ3) is 2.08. The molecule has 0 aliphatic heterocycles. The Kier molecular flexibility index (Phi) is 2.76. The molecule has 0 aliphatic rings. The topological polar surface area (TPSA) is 49.0 Å². The monoisotopic (exact) mass is 251 g/mol. The number of pyridine rings is 1. The molecule has 0 saturated heterocycles. The minimum absolute atomic E-state index is 0.0794. The number of rotatable bonds is 2. The van der Waals surface area contributed by atoms with Gasteiger partial charge in [-0.2, -0.15) is 0 Å². The third-order valence-corrected chi connectivity index (χ3v) is 3.10. The molecular weight excluding hydrogens is 238 g/mol. The van der Waals surface area contributed by atoms with Gasteiger partial charge in [0.2, 0.25) is 0 Å². The van der Waals surface area contributed by atoms with E-state index < -0.39 is 0 Å². The van der Waals surface area contributed by atoms with Gasteiger partial charge in [-0.25, -0.2) is 0 Å². The molecule has 1 aromatic carbocycles. The van der Waals surface area contributed by atoms with Gasteiger partial charge in [0.05, 0.1) is 11.9 Å². The van der Waals surface area contributed by atoms with Gasteiger partial charge in [-0.3, -0.25) is 9.78 Å². The zero-order chi connectivity index (χ0) is 13.2. The fourth-order valence-electron chi connectivity index (χ4n) is 2.04. The molecule has 0 fully saturated rings. The molecule has 0 aliphatic carbocycles. The van der Waals surface area contributed by atoms with Gasteiger partial charge in [0.25, 0.3) is 5.91 Å². The molecule has 2 heterocycles. The van der Waals surface area contributed by atoms with Crippen molar-refractivity contribution in [1.82, 2.24) is 9.97 Å². The molecule has 0 spiro atoms. The van der Waals surface area contributed by atoms with Crippen LogP contribution in [0.15, 0.2) is 54.9 Å². The van der Waals surface area contributed by atoms with E-state index in [0.29, 0.717) is 5.69 Å². The number of fused-ring (bicyclic) bond motifs is 1. The standard InChI is InChI=1S/C15H13N3O/c1-18(12-6-4-8-16-10-12)15(19)14-9-11-5-2-3-7-13(11)17-14/h2-10,17H,1H3. The van der Waals surface area contributed by atoms with Crippen LogP contribution in [0, 0.1) is 0 Å². The fourth-order valence-corrected chi connectivity index (χ4v) is 2.04. The Labute approximate surface area is 110 Å². The number of anilines is 1. The number of carbonyl (C=O) groups is 1. The second-order valence-electron chi connectivity index (χ2n) is 4.35. The largest absolute Gasteiger partial charge is 0.351 e. The lowest BCUT2D eigenvalue weighted by Gasteiger charge is -2.15. The second kappa shape index (κ2) is 4.57. The van der Waals surface area contributed by atoms with Crippen molar-refractivity contribution in [3.63, 3.8) is 0 Å². The maximum atomic E-state index is 12.4. The van der Waals surface area contributed by atoms with E-state index in [0.717, 1.165) is 16.6 Å². The second-order valence-corrected chi connectivity index (χ2v) is 4.35. The molecule has 2 aromatic heterocycles. The van der Waals surface area contributed by atoms with Gasteiger partial charge in [0.15, 0.2) is 0 Å². The normalized spacial score (nSPS) is 10.6. The summed E-state index contributed by atoms with van der Waals surface area (Å²) in [4.78, 5) is 21.1. The number of aromatic amines is 1. The van der Waals surface area contributed by atoms with E-state index in [1.807, 2.05) is 42.5 Å². The van der Waals surface area contributed by atoms with Crippen LogP contribution in [0.3, 0.4) is 0 Å². The highest BCUT2D eigenvalue weighted by atomic mass is 16.2. The van der Waals surface area contributed by atoms with Crippen molar-refractivity contribution in [2.24, 2.45) is 0 Å². The van der Waals surface area contributed by atoms with Crippen molar-refractivity contribution in [2.75, 3.05) is 11.9 Å². The Bertz CT molecular complexity index is 685. The smallest absolute Gasteiger partial charge is 0.274 e. The fraction of sp³-hybridized carbons (Fsp3) is 0.0667. The summed E-state index contributed by atoms with van der Waals surface area (Å²) in [5, 5.41) is 1.03. The van der Waals surface area contributed by atoms with Crippen molar-refractivity contribution in [2.45, 2.75) is 0 Å². The first-order valence-corrected chi connectivity index (χ1v) is 6.01. The summed E-state index contributed by atoms with van der Waals surface area (Å²) in [7, 11) is 1.74. The quantitative estimate of drug-likeness (QED) is 0.761. The van der Waals surface area contributed by atoms with Gasteiger partial charge in [-0.1, -0.05) is 18.2 Å². The van der Waals surface area contributed by atoms with Gasteiger partial charge in [0.1, 0.15) is 5.69 Å². The first-order valence-electron chi connectivity index (χ1n) is 6.01. The molecule has 1 N–H and O–H groups in total. The lowest BCUT2D eigenvalue weighted by atomic mass is 10.2. The number of nitrogens with one attached hydrogen (secondary N) is 1. The van der Waals surface area contributed by atoms with Crippen LogP contribution in [-0.2, 0) is 0 Å². The number of hydrogen-bond donors (Lipinski definition) is 1. The van der Waals surface area contributed by atoms with Crippen molar-refractivity contribution >= 4 is 22.5 Å². The van der Waals surface area contributed by atoms with Crippen LogP contribution < -0.4 is 4.90 Å². The van der Waals surface area contributed by atoms with Gasteiger partial charge in [-0.15, -0.1) is 0 Å². The lowest BCUT2D eigenvalue weighted by Crippen LogP contribution is -2.26. The van der Waals surface area contributed by atoms with Crippen molar-refractivity contribution in [1.29, 1.82) is 0 Å². The van der Waals surface area contributed by atoms with Crippen molar-refractivity contribution in [3.8, 4) is 0 Å². The van der Waals surface area contributed by atoms with Crippen molar-refractivity contribution < 1.29 is 4.79 Å². The highest BCUT2D eigenvalue weighted by Crippen LogP contribution is 2.18. The average Bonchev–Trinajstić information content (AvgIpc) is 2.90. The maximum Gasteiger partial charge on any atom is 0.274 e. The Morgan fingerprint density at radius 3 is 2.79 bits per heavy atom. The highest BCUT2D eigenvalue weighted by molar-refractivity contribution is 6.07. The predicted octanol–water partition coefficient (Wildman–Crippen LogP) is 2.84. The molecule has 3 rings (SSSR count). The summed E-state index contributed by atoms with van der Waals surface area (Å²) in [5.74, 6) is -0.0794. The third-order valence-electron chi connectivity index (χ3n) is 3.10. The molecule has 0 radical (unpaired) electrons. The van der Waals surface area contributed by atoms with Crippen LogP contribution in [0.4, 0.5) is 5.69 Å². The lowest BCUT2D eigenvalue weighted by molar-refractivity contribution is 0.0989. The van der Waals surface area contributed by atoms with Crippen molar-refractivity contribution in [3.05, 3.63) is 60.6 Å². The summed E-state index contributed by atoms with van der Waals surface area (Å²) < 4.78 is 0. The number of hydrogen-bond acceptors (Lipinski definition) is 2. The van der Waals surface area contributed by atoms with E-state index in [1.165, 1.54) is 0 Å². The van der Waals surface area contributed by atoms with Gasteiger partial charge in [0, 0.05) is 24.1 Å². The van der Waals surface area contributed by atoms with E-state index in [1.54, 1.807) is 24.3 Å². The molecule has 4 nitrogen and oxygen atoms in total. The summed E-state index contributed by atoms with van der Waals surface area (Å²) in [6.07, 6.45) is 3.35. The molecule has 0 atom stereocenters. The van der Waals surface area contributed by atoms with Gasteiger partial charge in [-0.05, 0) is 24.3 Å². The number of amides is 1. The van der Waals surface area contributed by atoms with Crippen LogP contribution >= 0.6 is 0 Å². The number of para-hydroxylation sites is 1. The van der Waals surface area contributed by atoms with E-state index in [4.69, 9.17) is 0 Å². The van der Waals surface area contributed by atoms with Crippen LogP contribution in [0.1, 0.15) is 10.5 Å². The number of benzene rings is 1. The maximum absolute atomic E-state index is 12.4. The predicted molar refractivity (Wildman–Crippen MR) is 75.3 cm³/mol. The molecule has 94 valence electrons. The first kappa shape index (κ1) is 11.5. The molecule has 1 amide bonds. The Morgan fingerprint density at radius 2 is 2.05 bits per heavy atom. The van der Waals surface area contributed by atoms with Gasteiger partial charge >= 0.3 is 0 Å². The molecule has 4 heteroatoms. The zero-order valence-electron chi connectivity index (χ0n) is 10.5. The number of nitrogens with zero attached hydrogens (tertiary/aromatic N) is 2. The number of carbonyl (C=O) groups excluding carboxylic acids is 1. The number of H-pyrrole nitrogens is 1. The molecule has 3 aromatic rings. The minimum Gasteiger partial charge on any atom is -0.351 e. The van der Waals surface area contributed by atoms with Crippen LogP contribution in [0.5, 0.6) is 0 Å². The summed E-state index contributed by atoms with van der Waals surface area (Å²) in [6, 6.07) is 13.4. The molecule has 0 unspecified atom stereocenters. The van der Waals surface area contributed by atoms with E-state index in [-0.39, 0.29) is 5.91 Å². The van der Waals surface area contributed by atoms with Crippen LogP contribution in [-0.4, -0.2) is 22.9 Å². The zero-order valence-corrected chi connectivity index (χ0v) is 10.5. The van der Waals surface area contributed by atoms with E-state index in [2.05, 4.69) is 9.97 Å². The molecular formula is C15H13N3O. The molecule has 19 heavy (non-hydrogen) atoms. The van der Waals surface area contributed by atoms with E-state index in [9.17, 15) is 4.79 Å².